The number of nitriles is 1. The van der Waals surface area contributed by atoms with Crippen LogP contribution in [0.15, 0.2) is 36.4 Å². The highest BCUT2D eigenvalue weighted by molar-refractivity contribution is 5.40. The fraction of sp³-hybridized carbons (Fsp3) is 0.0714. The highest BCUT2D eigenvalue weighted by Crippen LogP contribution is 2.27. The third-order valence-corrected chi connectivity index (χ3v) is 2.72. The van der Waals surface area contributed by atoms with E-state index < -0.39 is 28.0 Å². The first-order chi connectivity index (χ1) is 10.0. The molecule has 7 heteroatoms. The third-order valence-electron chi connectivity index (χ3n) is 2.72. The summed E-state index contributed by atoms with van der Waals surface area (Å²) in [5, 5.41) is 19.4. The quantitative estimate of drug-likeness (QED) is 0.639. The van der Waals surface area contributed by atoms with E-state index in [0.717, 1.165) is 0 Å². The second-order valence-corrected chi connectivity index (χ2v) is 4.05. The summed E-state index contributed by atoms with van der Waals surface area (Å²) in [7, 11) is 0. The van der Waals surface area contributed by atoms with Gasteiger partial charge in [-0.3, -0.25) is 10.1 Å². The van der Waals surface area contributed by atoms with Crippen molar-refractivity contribution in [1.29, 1.82) is 5.26 Å². The fourth-order valence-corrected chi connectivity index (χ4v) is 1.68. The predicted octanol–water partition coefficient (Wildman–Crippen LogP) is 3.32. The molecule has 0 saturated carbocycles. The van der Waals surface area contributed by atoms with Crippen LogP contribution in [0.3, 0.4) is 0 Å². The monoisotopic (exact) mass is 290 g/mol. The standard InChI is InChI=1S/C14H8F2N2O3/c15-11-6-14(12(16)5-13(11)18(19)20)21-8-10-4-2-1-3-9(10)7-17/h1-6H,8H2. The Morgan fingerprint density at radius 3 is 2.62 bits per heavy atom. The van der Waals surface area contributed by atoms with E-state index in [1.807, 2.05) is 6.07 Å². The minimum atomic E-state index is -1.19. The number of nitrogens with zero attached hydrogens (tertiary/aromatic N) is 2. The lowest BCUT2D eigenvalue weighted by Crippen LogP contribution is -2.02. The van der Waals surface area contributed by atoms with Crippen LogP contribution in [-0.2, 0) is 6.61 Å². The van der Waals surface area contributed by atoms with E-state index in [2.05, 4.69) is 0 Å². The van der Waals surface area contributed by atoms with Crippen molar-refractivity contribution in [2.45, 2.75) is 6.61 Å². The lowest BCUT2D eigenvalue weighted by molar-refractivity contribution is -0.387. The van der Waals surface area contributed by atoms with Crippen LogP contribution in [0, 0.1) is 33.1 Å². The number of hydrogen-bond donors (Lipinski definition) is 0. The van der Waals surface area contributed by atoms with Gasteiger partial charge < -0.3 is 4.74 Å². The Hall–Kier alpha value is -3.01. The molecule has 0 bridgehead atoms. The number of halogens is 2. The number of rotatable bonds is 4. The smallest absolute Gasteiger partial charge is 0.307 e. The molecule has 0 unspecified atom stereocenters. The number of nitro groups is 1. The van der Waals surface area contributed by atoms with Crippen molar-refractivity contribution in [2.24, 2.45) is 0 Å². The molecule has 0 aliphatic rings. The van der Waals surface area contributed by atoms with Crippen molar-refractivity contribution in [3.8, 4) is 11.8 Å². The fourth-order valence-electron chi connectivity index (χ4n) is 1.68. The van der Waals surface area contributed by atoms with E-state index in [1.54, 1.807) is 24.3 Å². The van der Waals surface area contributed by atoms with Gasteiger partial charge in [0.2, 0.25) is 5.82 Å². The largest absolute Gasteiger partial charge is 0.486 e. The number of nitro benzene ring substituents is 1. The molecule has 106 valence electrons. The highest BCUT2D eigenvalue weighted by Gasteiger charge is 2.19. The topological polar surface area (TPSA) is 76.2 Å². The van der Waals surface area contributed by atoms with Gasteiger partial charge in [0.15, 0.2) is 11.6 Å². The van der Waals surface area contributed by atoms with Gasteiger partial charge in [-0.2, -0.15) is 9.65 Å². The lowest BCUT2D eigenvalue weighted by Gasteiger charge is -2.08. The number of hydrogen-bond acceptors (Lipinski definition) is 4. The Labute approximate surface area is 118 Å². The molecular formula is C14H8F2N2O3. The van der Waals surface area contributed by atoms with E-state index in [1.165, 1.54) is 0 Å². The van der Waals surface area contributed by atoms with Crippen LogP contribution < -0.4 is 4.74 Å². The van der Waals surface area contributed by atoms with Crippen molar-refractivity contribution in [1.82, 2.24) is 0 Å². The minimum absolute atomic E-state index is 0.155. The molecule has 0 fully saturated rings. The Balaban J connectivity index is 2.23. The Morgan fingerprint density at radius 1 is 1.24 bits per heavy atom. The van der Waals surface area contributed by atoms with E-state index in [9.17, 15) is 18.9 Å². The molecule has 0 atom stereocenters. The maximum absolute atomic E-state index is 13.6. The van der Waals surface area contributed by atoms with Gasteiger partial charge in [0.05, 0.1) is 22.6 Å². The van der Waals surface area contributed by atoms with E-state index in [4.69, 9.17) is 10.00 Å². The molecule has 0 aromatic heterocycles. The van der Waals surface area contributed by atoms with Gasteiger partial charge in [0, 0.05) is 11.6 Å². The van der Waals surface area contributed by atoms with Gasteiger partial charge in [0.25, 0.3) is 0 Å². The van der Waals surface area contributed by atoms with Crippen LogP contribution in [-0.4, -0.2) is 4.92 Å². The molecule has 0 amide bonds. The SMILES string of the molecule is N#Cc1ccccc1COc1cc(F)c([N+](=O)[O-])cc1F. The molecule has 0 saturated heterocycles. The number of ether oxygens (including phenoxy) is 1. The van der Waals surface area contributed by atoms with Crippen molar-refractivity contribution >= 4 is 5.69 Å². The van der Waals surface area contributed by atoms with Gasteiger partial charge in [0.1, 0.15) is 6.61 Å². The van der Waals surface area contributed by atoms with E-state index in [0.29, 0.717) is 23.3 Å². The molecule has 0 radical (unpaired) electrons. The molecule has 21 heavy (non-hydrogen) atoms. The van der Waals surface area contributed by atoms with Gasteiger partial charge >= 0.3 is 5.69 Å². The van der Waals surface area contributed by atoms with Crippen LogP contribution in [0.2, 0.25) is 0 Å². The van der Waals surface area contributed by atoms with Crippen LogP contribution in [0.1, 0.15) is 11.1 Å². The molecule has 0 N–H and O–H groups in total. The number of benzene rings is 2. The maximum atomic E-state index is 13.6. The molecule has 0 spiro atoms. The zero-order valence-electron chi connectivity index (χ0n) is 10.5. The third kappa shape index (κ3) is 3.12. The first-order valence-corrected chi connectivity index (χ1v) is 5.77. The van der Waals surface area contributed by atoms with Crippen LogP contribution in [0.4, 0.5) is 14.5 Å². The Morgan fingerprint density at radius 2 is 1.95 bits per heavy atom. The summed E-state index contributed by atoms with van der Waals surface area (Å²) < 4.78 is 32.1. The predicted molar refractivity (Wildman–Crippen MR) is 68.5 cm³/mol. The highest BCUT2D eigenvalue weighted by atomic mass is 19.1. The van der Waals surface area contributed by atoms with Crippen molar-refractivity contribution < 1.29 is 18.4 Å². The van der Waals surface area contributed by atoms with Crippen molar-refractivity contribution in [3.63, 3.8) is 0 Å². The summed E-state index contributed by atoms with van der Waals surface area (Å²) in [6, 6.07) is 9.52. The summed E-state index contributed by atoms with van der Waals surface area (Å²) in [5.74, 6) is -2.69. The molecule has 5 nitrogen and oxygen atoms in total. The lowest BCUT2D eigenvalue weighted by atomic mass is 10.1. The molecular weight excluding hydrogens is 282 g/mol. The second-order valence-electron chi connectivity index (χ2n) is 4.05. The average Bonchev–Trinajstić information content (AvgIpc) is 2.47. The molecule has 2 rings (SSSR count). The summed E-state index contributed by atoms with van der Waals surface area (Å²) in [5.41, 5.74) is -0.115. The summed E-state index contributed by atoms with van der Waals surface area (Å²) >= 11 is 0. The van der Waals surface area contributed by atoms with Crippen LogP contribution in [0.5, 0.6) is 5.75 Å². The first-order valence-electron chi connectivity index (χ1n) is 5.77. The molecule has 2 aromatic rings. The van der Waals surface area contributed by atoms with Crippen LogP contribution >= 0.6 is 0 Å². The van der Waals surface area contributed by atoms with Gasteiger partial charge in [-0.05, 0) is 6.07 Å². The van der Waals surface area contributed by atoms with Crippen LogP contribution in [0.25, 0.3) is 0 Å². The molecule has 0 aliphatic carbocycles. The summed E-state index contributed by atoms with van der Waals surface area (Å²) in [6.07, 6.45) is 0. The zero-order chi connectivity index (χ0) is 15.4. The van der Waals surface area contributed by atoms with Crippen molar-refractivity contribution in [2.75, 3.05) is 0 Å². The minimum Gasteiger partial charge on any atom is -0.486 e. The zero-order valence-corrected chi connectivity index (χ0v) is 10.5. The first kappa shape index (κ1) is 14.4. The van der Waals surface area contributed by atoms with Gasteiger partial charge in [-0.1, -0.05) is 18.2 Å². The second kappa shape index (κ2) is 5.96. The Bertz CT molecular complexity index is 741. The summed E-state index contributed by atoms with van der Waals surface area (Å²) in [6.45, 7) is -0.155. The van der Waals surface area contributed by atoms with Gasteiger partial charge in [-0.15, -0.1) is 0 Å². The van der Waals surface area contributed by atoms with E-state index in [-0.39, 0.29) is 6.61 Å². The normalized spacial score (nSPS) is 9.95. The molecule has 0 aliphatic heterocycles. The van der Waals surface area contributed by atoms with Crippen molar-refractivity contribution in [3.05, 3.63) is 69.3 Å². The molecule has 0 heterocycles. The Kier molecular flexibility index (Phi) is 4.09. The summed E-state index contributed by atoms with van der Waals surface area (Å²) in [4.78, 5) is 9.45. The average molecular weight is 290 g/mol. The maximum Gasteiger partial charge on any atom is 0.307 e. The molecule has 2 aromatic carbocycles. The van der Waals surface area contributed by atoms with E-state index >= 15 is 0 Å². The van der Waals surface area contributed by atoms with Gasteiger partial charge in [-0.25, -0.2) is 4.39 Å².